The molecule has 5 nitrogen and oxygen atoms in total. The highest BCUT2D eigenvalue weighted by Crippen LogP contribution is 2.22. The number of nitrogens with one attached hydrogen (secondary N) is 1. The third kappa shape index (κ3) is 3.90. The van der Waals surface area contributed by atoms with Crippen LogP contribution in [-0.2, 0) is 4.74 Å². The number of benzene rings is 2. The van der Waals surface area contributed by atoms with Gasteiger partial charge in [0, 0.05) is 24.0 Å². The lowest BCUT2D eigenvalue weighted by atomic mass is 10.1. The van der Waals surface area contributed by atoms with Crippen LogP contribution in [0.2, 0.25) is 0 Å². The molecule has 0 radical (unpaired) electrons. The first-order valence-corrected chi connectivity index (χ1v) is 8.99. The maximum atomic E-state index is 14.6. The minimum atomic E-state index is -0.243. The van der Waals surface area contributed by atoms with E-state index in [4.69, 9.17) is 4.74 Å². The zero-order chi connectivity index (χ0) is 18.6. The van der Waals surface area contributed by atoms with Gasteiger partial charge >= 0.3 is 0 Å². The zero-order valence-electron chi connectivity index (χ0n) is 15.2. The van der Waals surface area contributed by atoms with E-state index in [0.29, 0.717) is 43.5 Å². The molecule has 1 saturated heterocycles. The molecule has 6 heteroatoms. The summed E-state index contributed by atoms with van der Waals surface area (Å²) in [5, 5.41) is 5.43. The Morgan fingerprint density at radius 2 is 1.93 bits per heavy atom. The molecule has 0 spiro atoms. The van der Waals surface area contributed by atoms with Gasteiger partial charge in [0.05, 0.1) is 30.1 Å². The number of aromatic nitrogens is 1. The number of rotatable bonds is 4. The zero-order valence-corrected chi connectivity index (χ0v) is 15.2. The first-order valence-electron chi connectivity index (χ1n) is 8.99. The van der Waals surface area contributed by atoms with Crippen LogP contribution in [-0.4, -0.2) is 37.0 Å². The highest BCUT2D eigenvalue weighted by Gasteiger charge is 2.15. The standard InChI is InChI=1S/C21H21FN4O/c1-15(24-25-21-9-7-16-4-2-3-5-19(16)23-21)17-6-8-20(18(22)14-17)26-10-12-27-13-11-26/h2-9,14H,10-13H2,1H3,(H,23,25). The van der Waals surface area contributed by atoms with E-state index in [-0.39, 0.29) is 5.82 Å². The molecule has 2 aromatic carbocycles. The lowest BCUT2D eigenvalue weighted by Gasteiger charge is -2.29. The van der Waals surface area contributed by atoms with Crippen molar-refractivity contribution in [3.05, 3.63) is 66.0 Å². The molecule has 2 heterocycles. The van der Waals surface area contributed by atoms with E-state index in [1.807, 2.05) is 60.4 Å². The molecule has 0 bridgehead atoms. The number of hydrogen-bond acceptors (Lipinski definition) is 5. The topological polar surface area (TPSA) is 49.8 Å². The number of pyridine rings is 1. The quantitative estimate of drug-likeness (QED) is 0.561. The molecule has 1 aromatic heterocycles. The first kappa shape index (κ1) is 17.4. The molecule has 4 rings (SSSR count). The number of hydrazone groups is 1. The molecule has 0 unspecified atom stereocenters. The van der Waals surface area contributed by atoms with Crippen molar-refractivity contribution < 1.29 is 9.13 Å². The number of para-hydroxylation sites is 1. The number of fused-ring (bicyclic) bond motifs is 1. The molecular weight excluding hydrogens is 343 g/mol. The van der Waals surface area contributed by atoms with Crippen LogP contribution in [0.5, 0.6) is 0 Å². The van der Waals surface area contributed by atoms with Crippen LogP contribution >= 0.6 is 0 Å². The number of anilines is 2. The van der Waals surface area contributed by atoms with Gasteiger partial charge in [-0.05, 0) is 37.3 Å². The van der Waals surface area contributed by atoms with E-state index in [1.165, 1.54) is 6.07 Å². The maximum Gasteiger partial charge on any atom is 0.147 e. The van der Waals surface area contributed by atoms with E-state index in [1.54, 1.807) is 0 Å². The summed E-state index contributed by atoms with van der Waals surface area (Å²) in [4.78, 5) is 6.53. The van der Waals surface area contributed by atoms with E-state index in [9.17, 15) is 4.39 Å². The summed E-state index contributed by atoms with van der Waals surface area (Å²) in [6.07, 6.45) is 0. The summed E-state index contributed by atoms with van der Waals surface area (Å²) in [6, 6.07) is 17.0. The largest absolute Gasteiger partial charge is 0.378 e. The molecule has 0 aliphatic carbocycles. The van der Waals surface area contributed by atoms with Gasteiger partial charge in [0.2, 0.25) is 0 Å². The van der Waals surface area contributed by atoms with Crippen molar-refractivity contribution in [2.45, 2.75) is 6.92 Å². The normalized spacial score (nSPS) is 15.2. The van der Waals surface area contributed by atoms with Crippen LogP contribution in [0.3, 0.4) is 0 Å². The van der Waals surface area contributed by atoms with Gasteiger partial charge in [0.25, 0.3) is 0 Å². The predicted molar refractivity (Wildman–Crippen MR) is 107 cm³/mol. The van der Waals surface area contributed by atoms with Crippen LogP contribution < -0.4 is 10.3 Å². The Kier molecular flexibility index (Phi) is 4.98. The van der Waals surface area contributed by atoms with Crippen LogP contribution in [0.25, 0.3) is 10.9 Å². The molecule has 1 N–H and O–H groups in total. The second-order valence-corrected chi connectivity index (χ2v) is 6.46. The average Bonchev–Trinajstić information content (AvgIpc) is 2.72. The third-order valence-corrected chi connectivity index (χ3v) is 4.65. The van der Waals surface area contributed by atoms with E-state index in [0.717, 1.165) is 16.5 Å². The average molecular weight is 364 g/mol. The molecule has 27 heavy (non-hydrogen) atoms. The smallest absolute Gasteiger partial charge is 0.147 e. The third-order valence-electron chi connectivity index (χ3n) is 4.65. The summed E-state index contributed by atoms with van der Waals surface area (Å²) in [5.74, 6) is 0.409. The Balaban J connectivity index is 1.50. The Labute approximate surface area is 157 Å². The second-order valence-electron chi connectivity index (χ2n) is 6.46. The van der Waals surface area contributed by atoms with Gasteiger partial charge in [-0.1, -0.05) is 24.3 Å². The van der Waals surface area contributed by atoms with Crippen LogP contribution in [0.15, 0.2) is 59.7 Å². The number of hydrogen-bond donors (Lipinski definition) is 1. The monoisotopic (exact) mass is 364 g/mol. The molecular formula is C21H21FN4O. The van der Waals surface area contributed by atoms with Gasteiger partial charge in [-0.3, -0.25) is 5.43 Å². The van der Waals surface area contributed by atoms with Crippen molar-refractivity contribution in [2.24, 2.45) is 5.10 Å². The fourth-order valence-corrected chi connectivity index (χ4v) is 3.13. The number of nitrogens with zero attached hydrogens (tertiary/aromatic N) is 3. The SMILES string of the molecule is CC(=NNc1ccc2ccccc2n1)c1ccc(N2CCOCC2)c(F)c1. The summed E-state index contributed by atoms with van der Waals surface area (Å²) in [7, 11) is 0. The lowest BCUT2D eigenvalue weighted by Crippen LogP contribution is -2.36. The van der Waals surface area contributed by atoms with Gasteiger partial charge in [0.1, 0.15) is 11.6 Å². The van der Waals surface area contributed by atoms with E-state index in [2.05, 4.69) is 15.5 Å². The minimum Gasteiger partial charge on any atom is -0.378 e. The fourth-order valence-electron chi connectivity index (χ4n) is 3.13. The Bertz CT molecular complexity index is 983. The molecule has 138 valence electrons. The Hall–Kier alpha value is -2.99. The Morgan fingerprint density at radius 1 is 1.11 bits per heavy atom. The van der Waals surface area contributed by atoms with Crippen molar-refractivity contribution in [2.75, 3.05) is 36.6 Å². The molecule has 1 aliphatic heterocycles. The van der Waals surface area contributed by atoms with Gasteiger partial charge < -0.3 is 9.64 Å². The highest BCUT2D eigenvalue weighted by molar-refractivity contribution is 5.99. The highest BCUT2D eigenvalue weighted by atomic mass is 19.1. The predicted octanol–water partition coefficient (Wildman–Crippen LogP) is 4.05. The first-order chi connectivity index (χ1) is 13.2. The maximum absolute atomic E-state index is 14.6. The molecule has 1 fully saturated rings. The van der Waals surface area contributed by atoms with Crippen molar-refractivity contribution in [1.82, 2.24) is 4.98 Å². The van der Waals surface area contributed by atoms with Gasteiger partial charge in [-0.15, -0.1) is 0 Å². The summed E-state index contributed by atoms with van der Waals surface area (Å²) in [5.41, 5.74) is 5.90. The molecule has 0 atom stereocenters. The fraction of sp³-hybridized carbons (Fsp3) is 0.238. The Morgan fingerprint density at radius 3 is 2.74 bits per heavy atom. The number of morpholine rings is 1. The number of ether oxygens (including phenoxy) is 1. The second kappa shape index (κ2) is 7.72. The molecule has 1 aliphatic rings. The van der Waals surface area contributed by atoms with Crippen molar-refractivity contribution in [3.63, 3.8) is 0 Å². The number of halogens is 1. The van der Waals surface area contributed by atoms with Crippen LogP contribution in [0.4, 0.5) is 15.9 Å². The summed E-state index contributed by atoms with van der Waals surface area (Å²) >= 11 is 0. The van der Waals surface area contributed by atoms with E-state index < -0.39 is 0 Å². The summed E-state index contributed by atoms with van der Waals surface area (Å²) < 4.78 is 19.9. The van der Waals surface area contributed by atoms with Crippen LogP contribution in [0, 0.1) is 5.82 Å². The molecule has 0 amide bonds. The lowest BCUT2D eigenvalue weighted by molar-refractivity contribution is 0.122. The van der Waals surface area contributed by atoms with Crippen LogP contribution in [0.1, 0.15) is 12.5 Å². The van der Waals surface area contributed by atoms with Crippen molar-refractivity contribution in [1.29, 1.82) is 0 Å². The molecule has 0 saturated carbocycles. The minimum absolute atomic E-state index is 0.243. The van der Waals surface area contributed by atoms with Crippen molar-refractivity contribution in [3.8, 4) is 0 Å². The summed E-state index contributed by atoms with van der Waals surface area (Å²) in [6.45, 7) is 4.52. The van der Waals surface area contributed by atoms with Gasteiger partial charge in [0.15, 0.2) is 0 Å². The molecule has 3 aromatic rings. The van der Waals surface area contributed by atoms with Crippen molar-refractivity contribution >= 4 is 28.1 Å². The van der Waals surface area contributed by atoms with Gasteiger partial charge in [-0.2, -0.15) is 5.10 Å². The van der Waals surface area contributed by atoms with Gasteiger partial charge in [-0.25, -0.2) is 9.37 Å². The van der Waals surface area contributed by atoms with E-state index >= 15 is 0 Å².